The topological polar surface area (TPSA) is 86.7 Å². The van der Waals surface area contributed by atoms with Gasteiger partial charge in [0, 0.05) is 36.3 Å². The molecule has 2 heterocycles. The van der Waals surface area contributed by atoms with E-state index >= 15 is 0 Å². The van der Waals surface area contributed by atoms with Crippen LogP contribution in [0, 0.1) is 5.92 Å². The van der Waals surface area contributed by atoms with Crippen molar-refractivity contribution in [2.75, 3.05) is 18.9 Å². The number of rotatable bonds is 3. The van der Waals surface area contributed by atoms with Crippen molar-refractivity contribution in [2.45, 2.75) is 12.8 Å². The molecule has 2 amide bonds. The minimum Gasteiger partial charge on any atom is -0.477 e. The molecule has 1 saturated heterocycles. The summed E-state index contributed by atoms with van der Waals surface area (Å²) in [6.07, 6.45) is 0.879. The Morgan fingerprint density at radius 2 is 2.13 bits per heavy atom. The van der Waals surface area contributed by atoms with Crippen molar-refractivity contribution in [3.8, 4) is 0 Å². The third-order valence-corrected chi connectivity index (χ3v) is 5.13. The largest absolute Gasteiger partial charge is 0.477 e. The van der Waals surface area contributed by atoms with Crippen LogP contribution in [0.3, 0.4) is 0 Å². The summed E-state index contributed by atoms with van der Waals surface area (Å²) in [5.41, 5.74) is 0.614. The van der Waals surface area contributed by atoms with Gasteiger partial charge in [0.15, 0.2) is 0 Å². The van der Waals surface area contributed by atoms with E-state index < -0.39 is 5.97 Å². The summed E-state index contributed by atoms with van der Waals surface area (Å²) in [6, 6.07) is 6.89. The van der Waals surface area contributed by atoms with Crippen molar-refractivity contribution in [3.63, 3.8) is 0 Å². The first-order valence-corrected chi connectivity index (χ1v) is 8.07. The molecule has 2 aromatic rings. The first-order valence-electron chi connectivity index (χ1n) is 7.26. The van der Waals surface area contributed by atoms with Gasteiger partial charge >= 0.3 is 5.97 Å². The number of amides is 2. The van der Waals surface area contributed by atoms with Gasteiger partial charge in [0.1, 0.15) is 4.88 Å². The van der Waals surface area contributed by atoms with Crippen molar-refractivity contribution < 1.29 is 19.5 Å². The van der Waals surface area contributed by atoms with Crippen molar-refractivity contribution in [1.29, 1.82) is 0 Å². The summed E-state index contributed by atoms with van der Waals surface area (Å²) < 4.78 is 0.856. The molecule has 1 aromatic heterocycles. The van der Waals surface area contributed by atoms with Crippen molar-refractivity contribution in [3.05, 3.63) is 29.1 Å². The minimum atomic E-state index is -0.957. The van der Waals surface area contributed by atoms with E-state index in [-0.39, 0.29) is 29.0 Å². The van der Waals surface area contributed by atoms with Gasteiger partial charge < -0.3 is 15.3 Å². The Balaban J connectivity index is 1.74. The fourth-order valence-electron chi connectivity index (χ4n) is 2.64. The van der Waals surface area contributed by atoms with Crippen LogP contribution in [0.1, 0.15) is 22.5 Å². The maximum Gasteiger partial charge on any atom is 0.345 e. The number of hydrogen-bond acceptors (Lipinski definition) is 4. The number of carboxylic acid groups (broad SMARTS) is 1. The number of carbonyl (C=O) groups is 3. The Morgan fingerprint density at radius 1 is 1.35 bits per heavy atom. The third-order valence-electron chi connectivity index (χ3n) is 4.03. The van der Waals surface area contributed by atoms with Crippen LogP contribution in [0.15, 0.2) is 24.3 Å². The van der Waals surface area contributed by atoms with E-state index in [9.17, 15) is 14.4 Å². The lowest BCUT2D eigenvalue weighted by Crippen LogP contribution is -2.39. The molecule has 1 aromatic carbocycles. The van der Waals surface area contributed by atoms with Crippen LogP contribution in [0.4, 0.5) is 5.69 Å². The number of carboxylic acids is 1. The lowest BCUT2D eigenvalue weighted by Gasteiger charge is -2.27. The molecule has 1 atom stereocenters. The van der Waals surface area contributed by atoms with Crippen molar-refractivity contribution >= 4 is 44.9 Å². The quantitative estimate of drug-likeness (QED) is 0.903. The van der Waals surface area contributed by atoms with Crippen LogP contribution in [0.5, 0.6) is 0 Å². The van der Waals surface area contributed by atoms with Gasteiger partial charge in [0.25, 0.3) is 0 Å². The average molecular weight is 332 g/mol. The number of carbonyl (C=O) groups excluding carboxylic acids is 2. The number of hydrogen-bond donors (Lipinski definition) is 2. The molecule has 1 unspecified atom stereocenters. The zero-order chi connectivity index (χ0) is 16.6. The van der Waals surface area contributed by atoms with Gasteiger partial charge in [-0.05, 0) is 36.1 Å². The predicted octanol–water partition coefficient (Wildman–Crippen LogP) is 2.41. The molecule has 23 heavy (non-hydrogen) atoms. The lowest BCUT2D eigenvalue weighted by atomic mass is 9.95. The first-order chi connectivity index (χ1) is 10.9. The number of aromatic carboxylic acids is 1. The van der Waals surface area contributed by atoms with Crippen LogP contribution in [-0.4, -0.2) is 41.4 Å². The summed E-state index contributed by atoms with van der Waals surface area (Å²) in [4.78, 5) is 36.9. The molecule has 120 valence electrons. The highest BCUT2D eigenvalue weighted by molar-refractivity contribution is 7.20. The zero-order valence-corrected chi connectivity index (χ0v) is 13.4. The molecule has 6 nitrogen and oxygen atoms in total. The highest BCUT2D eigenvalue weighted by Crippen LogP contribution is 2.28. The van der Waals surface area contributed by atoms with E-state index in [4.69, 9.17) is 5.11 Å². The summed E-state index contributed by atoms with van der Waals surface area (Å²) >= 11 is 1.20. The summed E-state index contributed by atoms with van der Waals surface area (Å²) in [6.45, 7) is 0.586. The number of nitrogens with one attached hydrogen (secondary N) is 1. The van der Waals surface area contributed by atoms with Crippen molar-refractivity contribution in [2.24, 2.45) is 5.92 Å². The van der Waals surface area contributed by atoms with E-state index in [0.29, 0.717) is 18.7 Å². The standard InChI is InChI=1S/C16H16N2O4S/c1-18-5-4-9(8-14(18)19)15(20)17-11-2-3-12-10(6-11)7-13(23-12)16(21)22/h2-3,6-7,9H,4-5,8H2,1H3,(H,17,20)(H,21,22). The molecule has 1 aliphatic rings. The Morgan fingerprint density at radius 3 is 2.83 bits per heavy atom. The van der Waals surface area contributed by atoms with Gasteiger partial charge in [-0.3, -0.25) is 9.59 Å². The maximum absolute atomic E-state index is 12.3. The fraction of sp³-hybridized carbons (Fsp3) is 0.312. The van der Waals surface area contributed by atoms with Gasteiger partial charge in [0.2, 0.25) is 11.8 Å². The van der Waals surface area contributed by atoms with E-state index in [1.54, 1.807) is 36.2 Å². The first kappa shape index (κ1) is 15.5. The second kappa shape index (κ2) is 6.00. The van der Waals surface area contributed by atoms with Gasteiger partial charge in [-0.2, -0.15) is 0 Å². The average Bonchev–Trinajstić information content (AvgIpc) is 2.93. The van der Waals surface area contributed by atoms with Crippen LogP contribution >= 0.6 is 11.3 Å². The zero-order valence-electron chi connectivity index (χ0n) is 12.5. The summed E-state index contributed by atoms with van der Waals surface area (Å²) in [5, 5.41) is 12.6. The number of piperidine rings is 1. The Kier molecular flexibility index (Phi) is 4.04. The number of likely N-dealkylation sites (tertiary alicyclic amines) is 1. The van der Waals surface area contributed by atoms with Crippen molar-refractivity contribution in [1.82, 2.24) is 4.90 Å². The highest BCUT2D eigenvalue weighted by Gasteiger charge is 2.28. The lowest BCUT2D eigenvalue weighted by molar-refractivity contribution is -0.137. The second-order valence-electron chi connectivity index (χ2n) is 5.66. The highest BCUT2D eigenvalue weighted by atomic mass is 32.1. The van der Waals surface area contributed by atoms with Gasteiger partial charge in [0.05, 0.1) is 0 Å². The van der Waals surface area contributed by atoms with E-state index in [2.05, 4.69) is 5.32 Å². The van der Waals surface area contributed by atoms with E-state index in [0.717, 1.165) is 10.1 Å². The number of nitrogens with zero attached hydrogens (tertiary/aromatic N) is 1. The molecular weight excluding hydrogens is 316 g/mol. The van der Waals surface area contributed by atoms with Crippen LogP contribution in [0.2, 0.25) is 0 Å². The van der Waals surface area contributed by atoms with Crippen LogP contribution in [0.25, 0.3) is 10.1 Å². The molecule has 0 bridgehead atoms. The van der Waals surface area contributed by atoms with Gasteiger partial charge in [-0.25, -0.2) is 4.79 Å². The predicted molar refractivity (Wildman–Crippen MR) is 87.8 cm³/mol. The number of benzene rings is 1. The number of fused-ring (bicyclic) bond motifs is 1. The molecular formula is C16H16N2O4S. The second-order valence-corrected chi connectivity index (χ2v) is 6.75. The third kappa shape index (κ3) is 3.19. The fourth-order valence-corrected chi connectivity index (χ4v) is 3.52. The van der Waals surface area contributed by atoms with Crippen LogP contribution in [-0.2, 0) is 9.59 Å². The molecule has 0 saturated carbocycles. The minimum absolute atomic E-state index is 0.0178. The number of anilines is 1. The smallest absolute Gasteiger partial charge is 0.345 e. The van der Waals surface area contributed by atoms with Gasteiger partial charge in [-0.1, -0.05) is 0 Å². The van der Waals surface area contributed by atoms with E-state index in [1.807, 2.05) is 0 Å². The van der Waals surface area contributed by atoms with E-state index in [1.165, 1.54) is 11.3 Å². The number of thiophene rings is 1. The molecule has 7 heteroatoms. The van der Waals surface area contributed by atoms with Gasteiger partial charge in [-0.15, -0.1) is 11.3 Å². The molecule has 0 radical (unpaired) electrons. The molecule has 0 spiro atoms. The molecule has 1 fully saturated rings. The molecule has 3 rings (SSSR count). The molecule has 2 N–H and O–H groups in total. The molecule has 1 aliphatic heterocycles. The summed E-state index contributed by atoms with van der Waals surface area (Å²) in [7, 11) is 1.74. The summed E-state index contributed by atoms with van der Waals surface area (Å²) in [5.74, 6) is -1.46. The Labute approximate surface area is 136 Å². The Hall–Kier alpha value is -2.41. The maximum atomic E-state index is 12.3. The normalized spacial score (nSPS) is 18.2. The Bertz CT molecular complexity index is 798. The van der Waals surface area contributed by atoms with Crippen LogP contribution < -0.4 is 5.32 Å². The SMILES string of the molecule is CN1CCC(C(=O)Nc2ccc3sc(C(=O)O)cc3c2)CC1=O. The monoisotopic (exact) mass is 332 g/mol. The molecule has 0 aliphatic carbocycles.